The van der Waals surface area contributed by atoms with Crippen molar-refractivity contribution in [2.24, 2.45) is 5.92 Å². The molecule has 0 aromatic heterocycles. The van der Waals surface area contributed by atoms with Gasteiger partial charge in [0, 0.05) is 12.0 Å². The monoisotopic (exact) mass is 268 g/mol. The molecule has 0 fully saturated rings. The van der Waals surface area contributed by atoms with E-state index in [4.69, 9.17) is 0 Å². The lowest BCUT2D eigenvalue weighted by Gasteiger charge is -2.19. The number of Topliss-reactive ketones (excluding diaryl/α,β-unsaturated/α-hetero) is 1. The van der Waals surface area contributed by atoms with Crippen LogP contribution in [0.2, 0.25) is 0 Å². The van der Waals surface area contributed by atoms with Gasteiger partial charge < -0.3 is 4.79 Å². The zero-order chi connectivity index (χ0) is 14.6. The van der Waals surface area contributed by atoms with Crippen LogP contribution < -0.4 is 0 Å². The lowest BCUT2D eigenvalue weighted by Crippen LogP contribution is -2.19. The maximum absolute atomic E-state index is 12.3. The highest BCUT2D eigenvalue weighted by molar-refractivity contribution is 6.05. The first-order valence-electron chi connectivity index (χ1n) is 6.14. The topological polar surface area (TPSA) is 34.1 Å². The third-order valence-corrected chi connectivity index (χ3v) is 2.97. The number of benzene rings is 1. The quantitative estimate of drug-likeness (QED) is 0.464. The van der Waals surface area contributed by atoms with Gasteiger partial charge in [-0.15, -0.1) is 0 Å². The van der Waals surface area contributed by atoms with Crippen LogP contribution in [-0.4, -0.2) is 18.5 Å². The summed E-state index contributed by atoms with van der Waals surface area (Å²) >= 11 is 0. The van der Waals surface area contributed by atoms with Crippen LogP contribution in [0.4, 0.5) is 8.78 Å². The molecule has 1 atom stereocenters. The Kier molecular flexibility index (Phi) is 4.92. The van der Waals surface area contributed by atoms with Crippen molar-refractivity contribution >= 4 is 12.1 Å². The molecular weight excluding hydrogens is 250 g/mol. The van der Waals surface area contributed by atoms with Crippen molar-refractivity contribution < 1.29 is 18.4 Å². The summed E-state index contributed by atoms with van der Waals surface area (Å²) in [5.74, 6) is -1.81. The first-order chi connectivity index (χ1) is 8.75. The van der Waals surface area contributed by atoms with Gasteiger partial charge in [-0.05, 0) is 11.0 Å². The normalized spacial score (nSPS) is 13.4. The minimum absolute atomic E-state index is 0.0470. The van der Waals surface area contributed by atoms with E-state index in [1.807, 2.05) is 20.8 Å². The van der Waals surface area contributed by atoms with Gasteiger partial charge in [0.25, 0.3) is 0 Å². The van der Waals surface area contributed by atoms with Crippen LogP contribution in [0.5, 0.6) is 0 Å². The highest BCUT2D eigenvalue weighted by Gasteiger charge is 2.24. The van der Waals surface area contributed by atoms with Crippen molar-refractivity contribution in [2.75, 3.05) is 0 Å². The van der Waals surface area contributed by atoms with Gasteiger partial charge in [-0.1, -0.05) is 45.0 Å². The summed E-state index contributed by atoms with van der Waals surface area (Å²) < 4.78 is 24.5. The third kappa shape index (κ3) is 4.23. The number of carbonyl (C=O) groups is 2. The Bertz CT molecular complexity index is 444. The Morgan fingerprint density at radius 1 is 1.21 bits per heavy atom. The molecular formula is C15H18F2O2. The first-order valence-corrected chi connectivity index (χ1v) is 6.14. The van der Waals surface area contributed by atoms with Crippen molar-refractivity contribution in [3.05, 3.63) is 35.4 Å². The standard InChI is InChI=1S/C15H18F2O2/c1-15(2,3)12-6-4-10(5-7-12)14(19)11(9-18)8-13(16)17/h4-7,9,11,13H,8H2,1-3H3. The summed E-state index contributed by atoms with van der Waals surface area (Å²) in [6, 6.07) is 6.75. The molecule has 1 aromatic carbocycles. The molecule has 1 rings (SSSR count). The largest absolute Gasteiger partial charge is 0.303 e. The molecule has 0 aliphatic carbocycles. The number of rotatable bonds is 5. The zero-order valence-electron chi connectivity index (χ0n) is 11.3. The SMILES string of the molecule is CC(C)(C)c1ccc(C(=O)C(C=O)CC(F)F)cc1. The van der Waals surface area contributed by atoms with Crippen LogP contribution in [0, 0.1) is 5.92 Å². The molecule has 1 aromatic rings. The second-order valence-corrected chi connectivity index (χ2v) is 5.56. The number of alkyl halides is 2. The van der Waals surface area contributed by atoms with Gasteiger partial charge in [-0.2, -0.15) is 0 Å². The van der Waals surface area contributed by atoms with E-state index in [1.165, 1.54) is 0 Å². The Morgan fingerprint density at radius 3 is 2.11 bits per heavy atom. The fourth-order valence-corrected chi connectivity index (χ4v) is 1.76. The summed E-state index contributed by atoms with van der Waals surface area (Å²) in [4.78, 5) is 22.6. The first kappa shape index (κ1) is 15.5. The molecule has 1 unspecified atom stereocenters. The van der Waals surface area contributed by atoms with Gasteiger partial charge in [0.1, 0.15) is 6.29 Å². The summed E-state index contributed by atoms with van der Waals surface area (Å²) in [7, 11) is 0. The molecule has 0 amide bonds. The van der Waals surface area contributed by atoms with Crippen LogP contribution in [0.25, 0.3) is 0 Å². The second-order valence-electron chi connectivity index (χ2n) is 5.56. The molecule has 0 saturated carbocycles. The molecule has 19 heavy (non-hydrogen) atoms. The van der Waals surface area contributed by atoms with Crippen LogP contribution in [0.3, 0.4) is 0 Å². The van der Waals surface area contributed by atoms with E-state index in [0.717, 1.165) is 5.56 Å². The third-order valence-electron chi connectivity index (χ3n) is 2.97. The lowest BCUT2D eigenvalue weighted by atomic mass is 9.85. The molecule has 0 heterocycles. The highest BCUT2D eigenvalue weighted by Crippen LogP contribution is 2.23. The van der Waals surface area contributed by atoms with E-state index in [1.54, 1.807) is 24.3 Å². The number of aldehydes is 1. The Balaban J connectivity index is 2.91. The van der Waals surface area contributed by atoms with Gasteiger partial charge in [0.05, 0.1) is 5.92 Å². The number of hydrogen-bond donors (Lipinski definition) is 0. The molecule has 0 saturated heterocycles. The van der Waals surface area contributed by atoms with E-state index in [-0.39, 0.29) is 5.41 Å². The molecule has 0 spiro atoms. The van der Waals surface area contributed by atoms with Crippen molar-refractivity contribution in [2.45, 2.75) is 39.0 Å². The average Bonchev–Trinajstić information content (AvgIpc) is 2.34. The molecule has 104 valence electrons. The van der Waals surface area contributed by atoms with E-state index < -0.39 is 24.5 Å². The van der Waals surface area contributed by atoms with Gasteiger partial charge >= 0.3 is 0 Å². The molecule has 0 N–H and O–H groups in total. The van der Waals surface area contributed by atoms with Crippen LogP contribution >= 0.6 is 0 Å². The summed E-state index contributed by atoms with van der Waals surface area (Å²) in [5.41, 5.74) is 1.29. The van der Waals surface area contributed by atoms with Gasteiger partial charge in [0.15, 0.2) is 5.78 Å². The molecule has 0 bridgehead atoms. The molecule has 0 aliphatic rings. The molecule has 4 heteroatoms. The van der Waals surface area contributed by atoms with Gasteiger partial charge in [0.2, 0.25) is 6.43 Å². The van der Waals surface area contributed by atoms with Crippen LogP contribution in [-0.2, 0) is 10.2 Å². The minimum atomic E-state index is -2.66. The zero-order valence-corrected chi connectivity index (χ0v) is 11.3. The van der Waals surface area contributed by atoms with Crippen LogP contribution in [0.15, 0.2) is 24.3 Å². The summed E-state index contributed by atoms with van der Waals surface area (Å²) in [5, 5.41) is 0. The number of hydrogen-bond acceptors (Lipinski definition) is 2. The summed E-state index contributed by atoms with van der Waals surface area (Å²) in [6.07, 6.45) is -3.08. The maximum Gasteiger partial charge on any atom is 0.239 e. The van der Waals surface area contributed by atoms with Crippen molar-refractivity contribution in [1.29, 1.82) is 0 Å². The lowest BCUT2D eigenvalue weighted by molar-refractivity contribution is -0.110. The van der Waals surface area contributed by atoms with Crippen molar-refractivity contribution in [1.82, 2.24) is 0 Å². The minimum Gasteiger partial charge on any atom is -0.303 e. The average molecular weight is 268 g/mol. The Hall–Kier alpha value is -1.58. The van der Waals surface area contributed by atoms with Crippen molar-refractivity contribution in [3.63, 3.8) is 0 Å². The van der Waals surface area contributed by atoms with Gasteiger partial charge in [-0.3, -0.25) is 4.79 Å². The molecule has 0 radical (unpaired) electrons. The van der Waals surface area contributed by atoms with Crippen molar-refractivity contribution in [3.8, 4) is 0 Å². The van der Waals surface area contributed by atoms with Gasteiger partial charge in [-0.25, -0.2) is 8.78 Å². The number of halogens is 2. The van der Waals surface area contributed by atoms with E-state index >= 15 is 0 Å². The second kappa shape index (κ2) is 6.04. The highest BCUT2D eigenvalue weighted by atomic mass is 19.3. The molecule has 0 aliphatic heterocycles. The fraction of sp³-hybridized carbons (Fsp3) is 0.467. The van der Waals surface area contributed by atoms with Crippen LogP contribution in [0.1, 0.15) is 43.1 Å². The fourth-order valence-electron chi connectivity index (χ4n) is 1.76. The maximum atomic E-state index is 12.3. The Morgan fingerprint density at radius 2 is 1.74 bits per heavy atom. The predicted molar refractivity (Wildman–Crippen MR) is 69.6 cm³/mol. The van der Waals surface area contributed by atoms with E-state index in [9.17, 15) is 18.4 Å². The van der Waals surface area contributed by atoms with E-state index in [0.29, 0.717) is 11.8 Å². The molecule has 2 nitrogen and oxygen atoms in total. The number of carbonyl (C=O) groups excluding carboxylic acids is 2. The predicted octanol–water partition coefficient (Wildman–Crippen LogP) is 3.64. The van der Waals surface area contributed by atoms with E-state index in [2.05, 4.69) is 0 Å². The number of ketones is 1. The summed E-state index contributed by atoms with van der Waals surface area (Å²) in [6.45, 7) is 6.11. The smallest absolute Gasteiger partial charge is 0.239 e. The Labute approximate surface area is 111 Å².